The molecule has 0 saturated heterocycles. The Labute approximate surface area is 201 Å². The van der Waals surface area contributed by atoms with Gasteiger partial charge in [-0.15, -0.1) is 11.3 Å². The van der Waals surface area contributed by atoms with Crippen molar-refractivity contribution in [1.82, 2.24) is 0 Å². The molecular formula is C28H33NO3S. The van der Waals surface area contributed by atoms with Crippen molar-refractivity contribution in [2.75, 3.05) is 11.9 Å². The van der Waals surface area contributed by atoms with Gasteiger partial charge in [0.25, 0.3) is 0 Å². The molecule has 0 fully saturated rings. The van der Waals surface area contributed by atoms with Crippen LogP contribution in [0.25, 0.3) is 11.1 Å². The molecule has 1 heterocycles. The number of carbonyl (C=O) groups is 2. The van der Waals surface area contributed by atoms with E-state index in [-0.39, 0.29) is 17.9 Å². The zero-order valence-corrected chi connectivity index (χ0v) is 21.2. The van der Waals surface area contributed by atoms with Gasteiger partial charge in [-0.05, 0) is 54.9 Å². The third-order valence-corrected chi connectivity index (χ3v) is 6.55. The van der Waals surface area contributed by atoms with E-state index < -0.39 is 5.97 Å². The van der Waals surface area contributed by atoms with Gasteiger partial charge in [-0.25, -0.2) is 4.79 Å². The molecule has 0 unspecified atom stereocenters. The molecule has 4 nitrogen and oxygen atoms in total. The van der Waals surface area contributed by atoms with Gasteiger partial charge in [0.1, 0.15) is 10.6 Å². The van der Waals surface area contributed by atoms with Crippen LogP contribution in [0.15, 0.2) is 47.8 Å². The predicted octanol–water partition coefficient (Wildman–Crippen LogP) is 7.08. The molecule has 2 aromatic carbocycles. The van der Waals surface area contributed by atoms with Crippen molar-refractivity contribution in [1.29, 1.82) is 0 Å². The fraction of sp³-hybridized carbons (Fsp3) is 0.357. The van der Waals surface area contributed by atoms with Gasteiger partial charge >= 0.3 is 5.97 Å². The fourth-order valence-electron chi connectivity index (χ4n) is 3.79. The number of hydrogen-bond donors (Lipinski definition) is 1. The van der Waals surface area contributed by atoms with Crippen molar-refractivity contribution < 1.29 is 14.3 Å². The van der Waals surface area contributed by atoms with Gasteiger partial charge in [0, 0.05) is 17.4 Å². The molecule has 1 amide bonds. The zero-order chi connectivity index (χ0) is 24.2. The van der Waals surface area contributed by atoms with Crippen LogP contribution in [0.2, 0.25) is 0 Å². The topological polar surface area (TPSA) is 55.4 Å². The molecule has 5 heteroatoms. The summed E-state index contributed by atoms with van der Waals surface area (Å²) in [5, 5.41) is 5.42. The molecule has 0 aliphatic rings. The van der Waals surface area contributed by atoms with Crippen LogP contribution in [0.1, 0.15) is 66.7 Å². The van der Waals surface area contributed by atoms with E-state index >= 15 is 0 Å². The number of anilines is 1. The molecule has 1 N–H and O–H groups in total. The highest BCUT2D eigenvalue weighted by atomic mass is 32.1. The van der Waals surface area contributed by atoms with Gasteiger partial charge in [-0.3, -0.25) is 4.79 Å². The van der Waals surface area contributed by atoms with Gasteiger partial charge in [0.2, 0.25) is 5.91 Å². The van der Waals surface area contributed by atoms with Gasteiger partial charge < -0.3 is 10.1 Å². The van der Waals surface area contributed by atoms with Crippen LogP contribution >= 0.6 is 11.3 Å². The van der Waals surface area contributed by atoms with Crippen molar-refractivity contribution in [2.45, 2.75) is 59.8 Å². The van der Waals surface area contributed by atoms with Gasteiger partial charge in [-0.1, -0.05) is 68.8 Å². The number of hydrogen-bond acceptors (Lipinski definition) is 4. The number of esters is 1. The Bertz CT molecular complexity index is 1140. The summed E-state index contributed by atoms with van der Waals surface area (Å²) in [6.07, 6.45) is 0.980. The number of rotatable bonds is 7. The van der Waals surface area contributed by atoms with Gasteiger partial charge in [0.15, 0.2) is 0 Å². The molecule has 0 radical (unpaired) electrons. The SMILES string of the molecule is CCOC(=O)c1c(-c2ccc(C)cc2C)csc1NC(=O)CCc1ccc(C(C)(C)C)cc1. The van der Waals surface area contributed by atoms with Crippen LogP contribution < -0.4 is 5.32 Å². The van der Waals surface area contributed by atoms with E-state index in [1.54, 1.807) is 6.92 Å². The lowest BCUT2D eigenvalue weighted by atomic mass is 9.86. The molecule has 0 bridgehead atoms. The minimum Gasteiger partial charge on any atom is -0.462 e. The molecule has 0 aliphatic heterocycles. The maximum atomic E-state index is 12.8. The van der Waals surface area contributed by atoms with Crippen molar-refractivity contribution >= 4 is 28.2 Å². The van der Waals surface area contributed by atoms with Crippen molar-refractivity contribution in [2.24, 2.45) is 0 Å². The number of aryl methyl sites for hydroxylation is 3. The number of nitrogens with one attached hydrogen (secondary N) is 1. The summed E-state index contributed by atoms with van der Waals surface area (Å²) in [7, 11) is 0. The summed E-state index contributed by atoms with van der Waals surface area (Å²) >= 11 is 1.36. The van der Waals surface area contributed by atoms with Crippen LogP contribution in [-0.4, -0.2) is 18.5 Å². The van der Waals surface area contributed by atoms with Crippen molar-refractivity contribution in [3.63, 3.8) is 0 Å². The normalized spacial score (nSPS) is 11.3. The smallest absolute Gasteiger partial charge is 0.341 e. The number of thiophene rings is 1. The Hall–Kier alpha value is -2.92. The third kappa shape index (κ3) is 6.11. The van der Waals surface area contributed by atoms with Crippen LogP contribution in [0.4, 0.5) is 5.00 Å². The summed E-state index contributed by atoms with van der Waals surface area (Å²) in [5.41, 5.74) is 6.92. The first kappa shape index (κ1) is 24.7. The number of benzene rings is 2. The first-order valence-corrected chi connectivity index (χ1v) is 12.2. The molecule has 1 aromatic heterocycles. The number of amides is 1. The van der Waals surface area contributed by atoms with Crippen molar-refractivity contribution in [3.8, 4) is 11.1 Å². The lowest BCUT2D eigenvalue weighted by molar-refractivity contribution is -0.116. The second-order valence-electron chi connectivity index (χ2n) is 9.39. The molecule has 0 saturated carbocycles. The second kappa shape index (κ2) is 10.3. The van der Waals surface area contributed by atoms with E-state index in [1.807, 2.05) is 31.4 Å². The minimum absolute atomic E-state index is 0.103. The lowest BCUT2D eigenvalue weighted by Gasteiger charge is -2.19. The Kier molecular flexibility index (Phi) is 7.75. The molecule has 33 heavy (non-hydrogen) atoms. The highest BCUT2D eigenvalue weighted by Crippen LogP contribution is 2.38. The summed E-state index contributed by atoms with van der Waals surface area (Å²) in [6.45, 7) is 12.7. The molecule has 174 valence electrons. The number of ether oxygens (including phenoxy) is 1. The molecule has 0 atom stereocenters. The number of carbonyl (C=O) groups excluding carboxylic acids is 2. The summed E-state index contributed by atoms with van der Waals surface area (Å²) < 4.78 is 5.32. The van der Waals surface area contributed by atoms with Gasteiger partial charge in [0.05, 0.1) is 6.61 Å². The molecule has 0 spiro atoms. The van der Waals surface area contributed by atoms with Crippen LogP contribution in [0.5, 0.6) is 0 Å². The molecule has 0 aliphatic carbocycles. The molecular weight excluding hydrogens is 430 g/mol. The summed E-state index contributed by atoms with van der Waals surface area (Å²) in [5.74, 6) is -0.531. The largest absolute Gasteiger partial charge is 0.462 e. The van der Waals surface area contributed by atoms with E-state index in [0.717, 1.165) is 27.8 Å². The van der Waals surface area contributed by atoms with Crippen molar-refractivity contribution in [3.05, 3.63) is 75.7 Å². The highest BCUT2D eigenvalue weighted by Gasteiger charge is 2.23. The average Bonchev–Trinajstić information content (AvgIpc) is 3.15. The third-order valence-electron chi connectivity index (χ3n) is 5.66. The van der Waals surface area contributed by atoms with E-state index in [9.17, 15) is 9.59 Å². The standard InChI is InChI=1S/C28H33NO3S/c1-7-32-27(31)25-23(22-14-8-18(2)16-19(22)3)17-33-26(25)29-24(30)15-11-20-9-12-21(13-10-20)28(4,5)6/h8-10,12-14,16-17H,7,11,15H2,1-6H3,(H,29,30). The van der Waals surface area contributed by atoms with Crippen LogP contribution in [-0.2, 0) is 21.4 Å². The molecule has 3 rings (SSSR count). The maximum absolute atomic E-state index is 12.8. The Morgan fingerprint density at radius 2 is 1.70 bits per heavy atom. The predicted molar refractivity (Wildman–Crippen MR) is 137 cm³/mol. The second-order valence-corrected chi connectivity index (χ2v) is 10.3. The highest BCUT2D eigenvalue weighted by molar-refractivity contribution is 7.15. The summed E-state index contributed by atoms with van der Waals surface area (Å²) in [4.78, 5) is 25.6. The van der Waals surface area contributed by atoms with Crippen LogP contribution in [0, 0.1) is 13.8 Å². The maximum Gasteiger partial charge on any atom is 0.341 e. The molecule has 3 aromatic rings. The Morgan fingerprint density at radius 1 is 1.00 bits per heavy atom. The van der Waals surface area contributed by atoms with E-state index in [1.165, 1.54) is 16.9 Å². The first-order valence-electron chi connectivity index (χ1n) is 11.4. The minimum atomic E-state index is -0.415. The average molecular weight is 464 g/mol. The zero-order valence-electron chi connectivity index (χ0n) is 20.4. The van der Waals surface area contributed by atoms with E-state index in [2.05, 4.69) is 56.4 Å². The van der Waals surface area contributed by atoms with E-state index in [0.29, 0.717) is 23.4 Å². The lowest BCUT2D eigenvalue weighted by Crippen LogP contribution is -2.15. The Balaban J connectivity index is 1.77. The van der Waals surface area contributed by atoms with Gasteiger partial charge in [-0.2, -0.15) is 0 Å². The Morgan fingerprint density at radius 3 is 2.30 bits per heavy atom. The fourth-order valence-corrected chi connectivity index (χ4v) is 4.75. The monoisotopic (exact) mass is 463 g/mol. The first-order chi connectivity index (χ1) is 15.6. The van der Waals surface area contributed by atoms with Crippen LogP contribution in [0.3, 0.4) is 0 Å². The summed E-state index contributed by atoms with van der Waals surface area (Å²) in [6, 6.07) is 14.6. The van der Waals surface area contributed by atoms with E-state index in [4.69, 9.17) is 4.74 Å². The quantitative estimate of drug-likeness (QED) is 0.381.